The quantitative estimate of drug-likeness (QED) is 0.711. The predicted octanol–water partition coefficient (Wildman–Crippen LogP) is 3.03. The van der Waals surface area contributed by atoms with Crippen LogP contribution in [0.3, 0.4) is 0 Å². The van der Waals surface area contributed by atoms with E-state index in [1.54, 1.807) is 18.6 Å². The summed E-state index contributed by atoms with van der Waals surface area (Å²) in [7, 11) is 0. The number of rotatable bonds is 2. The Kier molecular flexibility index (Phi) is 2.83. The number of aromatic nitrogens is 2. The highest BCUT2D eigenvalue weighted by atomic mass is 16.2. The van der Waals surface area contributed by atoms with E-state index in [1.165, 1.54) is 0 Å². The summed E-state index contributed by atoms with van der Waals surface area (Å²) in [6, 6.07) is 13.5. The van der Waals surface area contributed by atoms with E-state index in [4.69, 9.17) is 0 Å². The van der Waals surface area contributed by atoms with Crippen LogP contribution in [0.15, 0.2) is 61.1 Å². The van der Waals surface area contributed by atoms with Crippen LogP contribution in [-0.4, -0.2) is 15.9 Å². The largest absolute Gasteiger partial charge is 0.361 e. The summed E-state index contributed by atoms with van der Waals surface area (Å²) in [5.41, 5.74) is 3.23. The molecule has 0 unspecified atom stereocenters. The Morgan fingerprint density at radius 1 is 1.05 bits per heavy atom. The van der Waals surface area contributed by atoms with Gasteiger partial charge in [0.2, 0.25) is 0 Å². The number of hydrogen-bond acceptors (Lipinski definition) is 4. The van der Waals surface area contributed by atoms with Crippen molar-refractivity contribution in [3.8, 4) is 0 Å². The van der Waals surface area contributed by atoms with Crippen molar-refractivity contribution in [2.24, 2.45) is 0 Å². The minimum atomic E-state index is -0.149. The summed E-state index contributed by atoms with van der Waals surface area (Å²) in [6.07, 6.45) is 5.14. The van der Waals surface area contributed by atoms with Crippen LogP contribution >= 0.6 is 0 Å². The molecule has 0 fully saturated rings. The molecular weight excluding hydrogens is 276 g/mol. The number of amides is 1. The van der Waals surface area contributed by atoms with Crippen LogP contribution in [0.2, 0.25) is 0 Å². The molecule has 0 saturated heterocycles. The molecule has 106 valence electrons. The van der Waals surface area contributed by atoms with Gasteiger partial charge in [0, 0.05) is 35.2 Å². The molecule has 4 rings (SSSR count). The number of fused-ring (bicyclic) bond motifs is 2. The number of nitrogens with zero attached hydrogens (tertiary/aromatic N) is 2. The van der Waals surface area contributed by atoms with Crippen LogP contribution in [0, 0.1) is 0 Å². The van der Waals surface area contributed by atoms with E-state index < -0.39 is 0 Å². The third-order valence-electron chi connectivity index (χ3n) is 3.56. The molecule has 1 aliphatic heterocycles. The van der Waals surface area contributed by atoms with Crippen molar-refractivity contribution in [1.82, 2.24) is 9.97 Å². The van der Waals surface area contributed by atoms with E-state index in [0.717, 1.165) is 22.2 Å². The van der Waals surface area contributed by atoms with Crippen molar-refractivity contribution in [3.05, 3.63) is 66.6 Å². The van der Waals surface area contributed by atoms with Gasteiger partial charge in [-0.2, -0.15) is 0 Å². The second kappa shape index (κ2) is 4.96. The Labute approximate surface area is 126 Å². The normalized spacial score (nSPS) is 14.9. The molecule has 2 N–H and O–H groups in total. The van der Waals surface area contributed by atoms with Crippen LogP contribution in [-0.2, 0) is 4.79 Å². The highest BCUT2D eigenvalue weighted by Crippen LogP contribution is 2.29. The second-order valence-corrected chi connectivity index (χ2v) is 4.97. The molecule has 3 aromatic rings. The first-order valence-electron chi connectivity index (χ1n) is 6.89. The number of anilines is 2. The van der Waals surface area contributed by atoms with Gasteiger partial charge in [0.15, 0.2) is 0 Å². The lowest BCUT2D eigenvalue weighted by molar-refractivity contribution is -0.110. The first-order chi connectivity index (χ1) is 10.8. The van der Waals surface area contributed by atoms with Crippen LogP contribution < -0.4 is 10.6 Å². The molecule has 0 aliphatic carbocycles. The Balaban J connectivity index is 1.67. The highest BCUT2D eigenvalue weighted by molar-refractivity contribution is 6.31. The van der Waals surface area contributed by atoms with Gasteiger partial charge in [-0.3, -0.25) is 9.78 Å². The van der Waals surface area contributed by atoms with E-state index in [1.807, 2.05) is 42.5 Å². The second-order valence-electron chi connectivity index (χ2n) is 4.97. The zero-order valence-electron chi connectivity index (χ0n) is 11.6. The molecule has 3 heterocycles. The molecule has 5 heteroatoms. The number of nitrogens with one attached hydrogen (secondary N) is 2. The van der Waals surface area contributed by atoms with Gasteiger partial charge in [0.1, 0.15) is 5.82 Å². The summed E-state index contributed by atoms with van der Waals surface area (Å²) in [5.74, 6) is 0.451. The fourth-order valence-corrected chi connectivity index (χ4v) is 2.48. The monoisotopic (exact) mass is 288 g/mol. The Morgan fingerprint density at radius 2 is 1.91 bits per heavy atom. The molecule has 0 radical (unpaired) electrons. The van der Waals surface area contributed by atoms with Crippen molar-refractivity contribution < 1.29 is 4.79 Å². The maximum absolute atomic E-state index is 12.0. The number of benzene rings is 1. The Morgan fingerprint density at radius 3 is 2.86 bits per heavy atom. The minimum absolute atomic E-state index is 0.149. The summed E-state index contributed by atoms with van der Waals surface area (Å²) < 4.78 is 0. The van der Waals surface area contributed by atoms with E-state index >= 15 is 0 Å². The van der Waals surface area contributed by atoms with Gasteiger partial charge in [-0.15, -0.1) is 0 Å². The molecule has 1 amide bonds. The van der Waals surface area contributed by atoms with Crippen molar-refractivity contribution in [2.45, 2.75) is 0 Å². The van der Waals surface area contributed by atoms with Crippen LogP contribution in [0.5, 0.6) is 0 Å². The van der Waals surface area contributed by atoms with E-state index in [9.17, 15) is 4.79 Å². The predicted molar refractivity (Wildman–Crippen MR) is 86.2 cm³/mol. The number of carbonyl (C=O) groups excluding carboxylic acids is 1. The van der Waals surface area contributed by atoms with Gasteiger partial charge in [-0.25, -0.2) is 4.98 Å². The SMILES string of the molecule is O=C1Nc2ncccc2/C1=C/Nc1ccc2ncccc2c1. The molecule has 1 aliphatic rings. The van der Waals surface area contributed by atoms with Crippen molar-refractivity contribution >= 4 is 33.9 Å². The number of hydrogen-bond donors (Lipinski definition) is 2. The zero-order valence-corrected chi connectivity index (χ0v) is 11.6. The van der Waals surface area contributed by atoms with E-state index in [-0.39, 0.29) is 5.91 Å². The Hall–Kier alpha value is -3.21. The fraction of sp³-hybridized carbons (Fsp3) is 0. The first kappa shape index (κ1) is 12.5. The maximum atomic E-state index is 12.0. The van der Waals surface area contributed by atoms with Crippen molar-refractivity contribution in [3.63, 3.8) is 0 Å². The minimum Gasteiger partial charge on any atom is -0.361 e. The third-order valence-corrected chi connectivity index (χ3v) is 3.56. The summed E-state index contributed by atoms with van der Waals surface area (Å²) >= 11 is 0. The molecular formula is C17H12N4O. The maximum Gasteiger partial charge on any atom is 0.259 e. The molecule has 0 bridgehead atoms. The lowest BCUT2D eigenvalue weighted by atomic mass is 10.1. The van der Waals surface area contributed by atoms with Gasteiger partial charge in [0.25, 0.3) is 5.91 Å². The van der Waals surface area contributed by atoms with Crippen LogP contribution in [0.4, 0.5) is 11.5 Å². The summed E-state index contributed by atoms with van der Waals surface area (Å²) in [4.78, 5) is 20.4. The van der Waals surface area contributed by atoms with Crippen molar-refractivity contribution in [1.29, 1.82) is 0 Å². The van der Waals surface area contributed by atoms with Gasteiger partial charge >= 0.3 is 0 Å². The average Bonchev–Trinajstić information content (AvgIpc) is 2.88. The first-order valence-corrected chi connectivity index (χ1v) is 6.89. The molecule has 0 spiro atoms. The molecule has 2 aromatic heterocycles. The Bertz CT molecular complexity index is 917. The lowest BCUT2D eigenvalue weighted by Gasteiger charge is -2.04. The third kappa shape index (κ3) is 2.09. The smallest absolute Gasteiger partial charge is 0.259 e. The van der Waals surface area contributed by atoms with E-state index in [2.05, 4.69) is 20.6 Å². The summed E-state index contributed by atoms with van der Waals surface area (Å²) in [6.45, 7) is 0. The number of carbonyl (C=O) groups is 1. The standard InChI is InChI=1S/C17H12N4O/c22-17-14(13-4-2-8-19-16(13)21-17)10-20-12-5-6-15-11(9-12)3-1-7-18-15/h1-10,20H,(H,19,21,22)/b14-10-. The summed E-state index contributed by atoms with van der Waals surface area (Å²) in [5, 5.41) is 6.96. The average molecular weight is 288 g/mol. The van der Waals surface area contributed by atoms with Crippen LogP contribution in [0.25, 0.3) is 16.5 Å². The van der Waals surface area contributed by atoms with Gasteiger partial charge < -0.3 is 10.6 Å². The molecule has 0 saturated carbocycles. The van der Waals surface area contributed by atoms with Crippen LogP contribution in [0.1, 0.15) is 5.56 Å². The lowest BCUT2D eigenvalue weighted by Crippen LogP contribution is -2.05. The van der Waals surface area contributed by atoms with Crippen molar-refractivity contribution in [2.75, 3.05) is 10.6 Å². The number of pyridine rings is 2. The highest BCUT2D eigenvalue weighted by Gasteiger charge is 2.24. The van der Waals surface area contributed by atoms with E-state index in [0.29, 0.717) is 11.4 Å². The van der Waals surface area contributed by atoms with Gasteiger partial charge in [-0.1, -0.05) is 6.07 Å². The molecule has 1 aromatic carbocycles. The fourth-order valence-electron chi connectivity index (χ4n) is 2.48. The molecule has 22 heavy (non-hydrogen) atoms. The zero-order chi connectivity index (χ0) is 14.9. The topological polar surface area (TPSA) is 66.9 Å². The molecule has 0 atom stereocenters. The van der Waals surface area contributed by atoms with Gasteiger partial charge in [-0.05, 0) is 36.4 Å². The van der Waals surface area contributed by atoms with Gasteiger partial charge in [0.05, 0.1) is 11.1 Å². The molecule has 5 nitrogen and oxygen atoms in total.